The zero-order valence-corrected chi connectivity index (χ0v) is 13.0. The van der Waals surface area contributed by atoms with Gasteiger partial charge in [-0.3, -0.25) is 4.79 Å². The Morgan fingerprint density at radius 1 is 1.14 bits per heavy atom. The second-order valence-electron chi connectivity index (χ2n) is 4.61. The third kappa shape index (κ3) is 5.52. The summed E-state index contributed by atoms with van der Waals surface area (Å²) in [7, 11) is -0.456. The molecule has 0 aromatic heterocycles. The zero-order chi connectivity index (χ0) is 16.0. The topological polar surface area (TPSA) is 95.6 Å². The lowest BCUT2D eigenvalue weighted by Crippen LogP contribution is -2.36. The summed E-state index contributed by atoms with van der Waals surface area (Å²) < 4.78 is 24.1. The van der Waals surface area contributed by atoms with Gasteiger partial charge in [-0.05, 0) is 31.2 Å². The van der Waals surface area contributed by atoms with Gasteiger partial charge in [0.1, 0.15) is 0 Å². The van der Waals surface area contributed by atoms with Crippen LogP contribution in [0.3, 0.4) is 0 Å². The van der Waals surface area contributed by atoms with E-state index in [1.807, 2.05) is 0 Å². The van der Waals surface area contributed by atoms with E-state index in [9.17, 15) is 18.0 Å². The fourth-order valence-electron chi connectivity index (χ4n) is 1.44. The van der Waals surface area contributed by atoms with Crippen LogP contribution in [0.5, 0.6) is 0 Å². The van der Waals surface area contributed by atoms with E-state index in [1.165, 1.54) is 21.0 Å². The van der Waals surface area contributed by atoms with Gasteiger partial charge in [-0.25, -0.2) is 17.5 Å². The van der Waals surface area contributed by atoms with Gasteiger partial charge in [-0.15, -0.1) is 0 Å². The maximum atomic E-state index is 11.6. The highest BCUT2D eigenvalue weighted by atomic mass is 32.2. The fraction of sp³-hybridized carbons (Fsp3) is 0.385. The summed E-state index contributed by atoms with van der Waals surface area (Å²) in [6.45, 7) is 1.47. The van der Waals surface area contributed by atoms with Gasteiger partial charge >= 0.3 is 6.03 Å². The zero-order valence-electron chi connectivity index (χ0n) is 12.2. The molecule has 8 heteroatoms. The SMILES string of the molecule is CC(=O)c1ccc(NC(=O)NCCS(=O)(=O)N(C)C)cc1. The summed E-state index contributed by atoms with van der Waals surface area (Å²) in [4.78, 5) is 22.7. The van der Waals surface area contributed by atoms with E-state index in [4.69, 9.17) is 0 Å². The lowest BCUT2D eigenvalue weighted by atomic mass is 10.1. The Bertz CT molecular complexity index is 609. The summed E-state index contributed by atoms with van der Waals surface area (Å²) >= 11 is 0. The largest absolute Gasteiger partial charge is 0.337 e. The van der Waals surface area contributed by atoms with Gasteiger partial charge in [-0.1, -0.05) is 0 Å². The molecule has 0 aliphatic carbocycles. The van der Waals surface area contributed by atoms with E-state index in [-0.39, 0.29) is 18.1 Å². The van der Waals surface area contributed by atoms with Gasteiger partial charge in [0.25, 0.3) is 0 Å². The molecule has 0 aliphatic heterocycles. The molecule has 0 saturated heterocycles. The number of hydrogen-bond donors (Lipinski definition) is 2. The van der Waals surface area contributed by atoms with Crippen molar-refractivity contribution in [3.63, 3.8) is 0 Å². The van der Waals surface area contributed by atoms with Gasteiger partial charge in [0.15, 0.2) is 5.78 Å². The minimum absolute atomic E-state index is 0.0118. The predicted octanol–water partition coefficient (Wildman–Crippen LogP) is 0.902. The van der Waals surface area contributed by atoms with Crippen LogP contribution < -0.4 is 10.6 Å². The van der Waals surface area contributed by atoms with Crippen molar-refractivity contribution in [2.45, 2.75) is 6.92 Å². The molecule has 2 N–H and O–H groups in total. The number of amides is 2. The maximum absolute atomic E-state index is 11.6. The number of nitrogens with one attached hydrogen (secondary N) is 2. The van der Waals surface area contributed by atoms with Crippen LogP contribution >= 0.6 is 0 Å². The van der Waals surface area contributed by atoms with Gasteiger partial charge in [0, 0.05) is 31.9 Å². The number of sulfonamides is 1. The number of urea groups is 1. The lowest BCUT2D eigenvalue weighted by molar-refractivity contribution is 0.101. The molecule has 0 saturated carbocycles. The van der Waals surface area contributed by atoms with E-state index in [2.05, 4.69) is 10.6 Å². The Kier molecular flexibility index (Phi) is 5.86. The summed E-state index contributed by atoms with van der Waals surface area (Å²) in [5.74, 6) is -0.226. The van der Waals surface area contributed by atoms with Crippen molar-refractivity contribution in [3.8, 4) is 0 Å². The average Bonchev–Trinajstić information content (AvgIpc) is 2.38. The van der Waals surface area contributed by atoms with Crippen molar-refractivity contribution in [3.05, 3.63) is 29.8 Å². The number of rotatable bonds is 6. The third-order valence-electron chi connectivity index (χ3n) is 2.75. The van der Waals surface area contributed by atoms with E-state index >= 15 is 0 Å². The third-order valence-corrected chi connectivity index (χ3v) is 4.58. The van der Waals surface area contributed by atoms with Gasteiger partial charge in [0.05, 0.1) is 5.75 Å². The van der Waals surface area contributed by atoms with Crippen LogP contribution in [0.25, 0.3) is 0 Å². The molecule has 2 amide bonds. The Hall–Kier alpha value is -1.93. The molecule has 1 rings (SSSR count). The number of nitrogens with zero attached hydrogens (tertiary/aromatic N) is 1. The molecule has 7 nitrogen and oxygen atoms in total. The predicted molar refractivity (Wildman–Crippen MR) is 80.9 cm³/mol. The summed E-state index contributed by atoms with van der Waals surface area (Å²) in [5, 5.41) is 5.01. The van der Waals surface area contributed by atoms with E-state index in [1.54, 1.807) is 24.3 Å². The number of benzene rings is 1. The number of hydrogen-bond acceptors (Lipinski definition) is 4. The Morgan fingerprint density at radius 2 is 1.71 bits per heavy atom. The Labute approximate surface area is 124 Å². The van der Waals surface area contributed by atoms with Gasteiger partial charge in [-0.2, -0.15) is 0 Å². The van der Waals surface area contributed by atoms with Crippen LogP contribution in [0.2, 0.25) is 0 Å². The van der Waals surface area contributed by atoms with Crippen LogP contribution in [0, 0.1) is 0 Å². The van der Waals surface area contributed by atoms with Crippen molar-refractivity contribution < 1.29 is 18.0 Å². The molecule has 0 bridgehead atoms. The molecule has 0 aliphatic rings. The quantitative estimate of drug-likeness (QED) is 0.763. The average molecular weight is 313 g/mol. The molecule has 0 atom stereocenters. The highest BCUT2D eigenvalue weighted by Crippen LogP contribution is 2.09. The van der Waals surface area contributed by atoms with Crippen molar-refractivity contribution in [1.82, 2.24) is 9.62 Å². The standard InChI is InChI=1S/C13H19N3O4S/c1-10(17)11-4-6-12(7-5-11)15-13(18)14-8-9-21(19,20)16(2)3/h4-7H,8-9H2,1-3H3,(H2,14,15,18). The maximum Gasteiger partial charge on any atom is 0.319 e. The van der Waals surface area contributed by atoms with Gasteiger partial charge in [0.2, 0.25) is 10.0 Å². The second-order valence-corrected chi connectivity index (χ2v) is 6.92. The minimum atomic E-state index is -3.33. The first kappa shape index (κ1) is 17.1. The van der Waals surface area contributed by atoms with Crippen molar-refractivity contribution in [1.29, 1.82) is 0 Å². The van der Waals surface area contributed by atoms with Crippen LogP contribution in [0.1, 0.15) is 17.3 Å². The normalized spacial score (nSPS) is 11.2. The number of Topliss-reactive ketones (excluding diaryl/α,β-unsaturated/α-hetero) is 1. The van der Waals surface area contributed by atoms with Crippen molar-refractivity contribution in [2.75, 3.05) is 31.7 Å². The molecule has 0 heterocycles. The van der Waals surface area contributed by atoms with Crippen molar-refractivity contribution in [2.24, 2.45) is 0 Å². The second kappa shape index (κ2) is 7.19. The molecule has 116 valence electrons. The van der Waals surface area contributed by atoms with Crippen LogP contribution in [0.15, 0.2) is 24.3 Å². The fourth-order valence-corrected chi connectivity index (χ4v) is 2.16. The van der Waals surface area contributed by atoms with Gasteiger partial charge < -0.3 is 10.6 Å². The Balaban J connectivity index is 2.46. The molecule has 21 heavy (non-hydrogen) atoms. The highest BCUT2D eigenvalue weighted by molar-refractivity contribution is 7.89. The smallest absolute Gasteiger partial charge is 0.319 e. The molecule has 0 spiro atoms. The molecule has 0 unspecified atom stereocenters. The van der Waals surface area contributed by atoms with E-state index in [0.29, 0.717) is 11.3 Å². The molecular weight excluding hydrogens is 294 g/mol. The molecule has 0 radical (unpaired) electrons. The monoisotopic (exact) mass is 313 g/mol. The van der Waals surface area contributed by atoms with Crippen LogP contribution in [0.4, 0.5) is 10.5 Å². The molecule has 1 aromatic rings. The van der Waals surface area contributed by atoms with Crippen molar-refractivity contribution >= 4 is 27.5 Å². The number of carbonyl (C=O) groups excluding carboxylic acids is 2. The van der Waals surface area contributed by atoms with Crippen LogP contribution in [-0.2, 0) is 10.0 Å². The molecule has 0 fully saturated rings. The lowest BCUT2D eigenvalue weighted by Gasteiger charge is -2.12. The Morgan fingerprint density at radius 3 is 2.19 bits per heavy atom. The first-order chi connectivity index (χ1) is 9.72. The molecule has 1 aromatic carbocycles. The van der Waals surface area contributed by atoms with E-state index in [0.717, 1.165) is 4.31 Å². The number of carbonyl (C=O) groups is 2. The van der Waals surface area contributed by atoms with Crippen LogP contribution in [-0.4, -0.2) is 50.9 Å². The first-order valence-corrected chi connectivity index (χ1v) is 7.89. The van der Waals surface area contributed by atoms with E-state index < -0.39 is 16.1 Å². The number of anilines is 1. The first-order valence-electron chi connectivity index (χ1n) is 6.28. The highest BCUT2D eigenvalue weighted by Gasteiger charge is 2.13. The number of ketones is 1. The molecular formula is C13H19N3O4S. The minimum Gasteiger partial charge on any atom is -0.337 e. The summed E-state index contributed by atoms with van der Waals surface area (Å²) in [6, 6.07) is 5.92. The summed E-state index contributed by atoms with van der Waals surface area (Å²) in [6.07, 6.45) is 0. The summed E-state index contributed by atoms with van der Waals surface area (Å²) in [5.41, 5.74) is 1.08.